The zero-order valence-electron chi connectivity index (χ0n) is 13.4. The van der Waals surface area contributed by atoms with E-state index in [4.69, 9.17) is 9.52 Å². The van der Waals surface area contributed by atoms with Crippen LogP contribution in [0.4, 0.5) is 5.69 Å². The number of benzene rings is 1. The molecule has 0 aliphatic heterocycles. The van der Waals surface area contributed by atoms with Crippen molar-refractivity contribution in [1.82, 2.24) is 5.32 Å². The van der Waals surface area contributed by atoms with Crippen molar-refractivity contribution in [2.24, 2.45) is 0 Å². The second-order valence-corrected chi connectivity index (χ2v) is 5.25. The molecule has 0 atom stereocenters. The second kappa shape index (κ2) is 8.69. The van der Waals surface area contributed by atoms with Gasteiger partial charge >= 0.3 is 0 Å². The van der Waals surface area contributed by atoms with Gasteiger partial charge in [0.05, 0.1) is 12.9 Å². The maximum Gasteiger partial charge on any atom is 0.244 e. The molecule has 0 saturated heterocycles. The lowest BCUT2D eigenvalue weighted by Crippen LogP contribution is -2.26. The van der Waals surface area contributed by atoms with Crippen LogP contribution >= 0.6 is 0 Å². The van der Waals surface area contributed by atoms with Gasteiger partial charge in [-0.2, -0.15) is 0 Å². The molecule has 24 heavy (non-hydrogen) atoms. The molecule has 1 heterocycles. The summed E-state index contributed by atoms with van der Waals surface area (Å²) in [5.41, 5.74) is 2.30. The van der Waals surface area contributed by atoms with Gasteiger partial charge < -0.3 is 20.2 Å². The van der Waals surface area contributed by atoms with Crippen LogP contribution in [0.2, 0.25) is 0 Å². The van der Waals surface area contributed by atoms with Gasteiger partial charge in [0.25, 0.3) is 0 Å². The Labute approximate surface area is 140 Å². The minimum Gasteiger partial charge on any atom is -0.465 e. The number of carbonyl (C=O) groups is 2. The average molecular weight is 328 g/mol. The van der Waals surface area contributed by atoms with Crippen molar-refractivity contribution in [3.8, 4) is 0 Å². The van der Waals surface area contributed by atoms with Crippen molar-refractivity contribution in [3.63, 3.8) is 0 Å². The summed E-state index contributed by atoms with van der Waals surface area (Å²) in [5.74, 6) is 0.0864. The quantitative estimate of drug-likeness (QED) is 0.680. The summed E-state index contributed by atoms with van der Waals surface area (Å²) in [7, 11) is 0. The molecule has 2 aromatic rings. The van der Waals surface area contributed by atoms with Crippen molar-refractivity contribution >= 4 is 23.6 Å². The Hall–Kier alpha value is -2.86. The van der Waals surface area contributed by atoms with Gasteiger partial charge in [-0.25, -0.2) is 0 Å². The van der Waals surface area contributed by atoms with E-state index in [1.165, 1.54) is 12.3 Å². The number of furan rings is 1. The lowest BCUT2D eigenvalue weighted by Gasteiger charge is -2.10. The fourth-order valence-corrected chi connectivity index (χ4v) is 2.02. The van der Waals surface area contributed by atoms with E-state index in [1.54, 1.807) is 30.3 Å². The van der Waals surface area contributed by atoms with E-state index in [1.807, 2.05) is 13.0 Å². The Kier molecular flexibility index (Phi) is 6.33. The van der Waals surface area contributed by atoms with Crippen LogP contribution < -0.4 is 10.6 Å². The van der Waals surface area contributed by atoms with Gasteiger partial charge in [0.1, 0.15) is 5.76 Å². The van der Waals surface area contributed by atoms with Gasteiger partial charge in [0.15, 0.2) is 0 Å². The summed E-state index contributed by atoms with van der Waals surface area (Å²) in [4.78, 5) is 23.5. The third-order valence-electron chi connectivity index (χ3n) is 3.35. The number of hydrogen-bond donors (Lipinski definition) is 3. The molecule has 3 N–H and O–H groups in total. The molecule has 0 spiro atoms. The van der Waals surface area contributed by atoms with Gasteiger partial charge in [0, 0.05) is 24.7 Å². The monoisotopic (exact) mass is 328 g/mol. The lowest BCUT2D eigenvalue weighted by molar-refractivity contribution is -0.117. The van der Waals surface area contributed by atoms with Crippen LogP contribution in [0.3, 0.4) is 0 Å². The van der Waals surface area contributed by atoms with Crippen LogP contribution in [0.15, 0.2) is 47.1 Å². The van der Waals surface area contributed by atoms with E-state index in [0.29, 0.717) is 11.4 Å². The molecule has 0 unspecified atom stereocenters. The minimum absolute atomic E-state index is 0.0821. The van der Waals surface area contributed by atoms with E-state index in [0.717, 1.165) is 11.1 Å². The first-order valence-corrected chi connectivity index (χ1v) is 7.58. The molecule has 126 valence electrons. The first-order chi connectivity index (χ1) is 11.6. The van der Waals surface area contributed by atoms with Gasteiger partial charge in [-0.05, 0) is 42.3 Å². The van der Waals surface area contributed by atoms with Crippen LogP contribution in [0.25, 0.3) is 6.08 Å². The average Bonchev–Trinajstić information content (AvgIpc) is 3.08. The third-order valence-corrected chi connectivity index (χ3v) is 3.35. The fraction of sp³-hybridized carbons (Fsp3) is 0.222. The topological polar surface area (TPSA) is 91.6 Å². The predicted octanol–water partition coefficient (Wildman–Crippen LogP) is 2.24. The summed E-state index contributed by atoms with van der Waals surface area (Å²) in [6, 6.07) is 8.84. The number of hydrogen-bond acceptors (Lipinski definition) is 4. The van der Waals surface area contributed by atoms with E-state index >= 15 is 0 Å². The SMILES string of the molecule is Cc1ccc(CO)cc1NC(=O)CCNC(=O)/C=C/c1ccco1. The Morgan fingerprint density at radius 1 is 1.29 bits per heavy atom. The maximum absolute atomic E-state index is 11.9. The molecule has 1 aromatic heterocycles. The third kappa shape index (κ3) is 5.40. The number of amides is 2. The van der Waals surface area contributed by atoms with Crippen molar-refractivity contribution in [1.29, 1.82) is 0 Å². The summed E-state index contributed by atoms with van der Waals surface area (Å²) in [5, 5.41) is 14.5. The van der Waals surface area contributed by atoms with Crippen molar-refractivity contribution in [3.05, 3.63) is 59.6 Å². The first kappa shape index (κ1) is 17.5. The van der Waals surface area contributed by atoms with Gasteiger partial charge in [-0.3, -0.25) is 9.59 Å². The Morgan fingerprint density at radius 2 is 2.12 bits per heavy atom. The molecule has 6 nitrogen and oxygen atoms in total. The first-order valence-electron chi connectivity index (χ1n) is 7.58. The van der Waals surface area contributed by atoms with E-state index < -0.39 is 0 Å². The zero-order chi connectivity index (χ0) is 17.4. The Morgan fingerprint density at radius 3 is 2.83 bits per heavy atom. The number of anilines is 1. The van der Waals surface area contributed by atoms with Gasteiger partial charge in [-0.15, -0.1) is 0 Å². The molecule has 6 heteroatoms. The highest BCUT2D eigenvalue weighted by Gasteiger charge is 2.06. The number of nitrogens with one attached hydrogen (secondary N) is 2. The van der Waals surface area contributed by atoms with Crippen molar-refractivity contribution in [2.75, 3.05) is 11.9 Å². The smallest absolute Gasteiger partial charge is 0.244 e. The highest BCUT2D eigenvalue weighted by molar-refractivity contribution is 5.93. The number of aliphatic hydroxyl groups excluding tert-OH is 1. The fourth-order valence-electron chi connectivity index (χ4n) is 2.02. The molecule has 0 saturated carbocycles. The van der Waals surface area contributed by atoms with Crippen LogP contribution in [-0.2, 0) is 16.2 Å². The molecular formula is C18H20N2O4. The molecule has 1 aromatic carbocycles. The normalized spacial score (nSPS) is 10.8. The standard InChI is InChI=1S/C18H20N2O4/c1-13-4-5-14(12-21)11-16(13)20-18(23)8-9-19-17(22)7-6-15-3-2-10-24-15/h2-7,10-11,21H,8-9,12H2,1H3,(H,19,22)(H,20,23)/b7-6+. The van der Waals surface area contributed by atoms with Crippen LogP contribution in [0.1, 0.15) is 23.3 Å². The number of carbonyl (C=O) groups excluding carboxylic acids is 2. The molecular weight excluding hydrogens is 308 g/mol. The van der Waals surface area contributed by atoms with E-state index in [-0.39, 0.29) is 31.4 Å². The molecule has 0 fully saturated rings. The predicted molar refractivity (Wildman–Crippen MR) is 91.1 cm³/mol. The van der Waals surface area contributed by atoms with Crippen LogP contribution in [0.5, 0.6) is 0 Å². The Bertz CT molecular complexity index is 721. The second-order valence-electron chi connectivity index (χ2n) is 5.25. The maximum atomic E-state index is 11.9. The molecule has 0 aliphatic rings. The minimum atomic E-state index is -0.294. The van der Waals surface area contributed by atoms with Crippen LogP contribution in [-0.4, -0.2) is 23.5 Å². The van der Waals surface area contributed by atoms with E-state index in [2.05, 4.69) is 10.6 Å². The number of aryl methyl sites for hydroxylation is 1. The van der Waals surface area contributed by atoms with E-state index in [9.17, 15) is 9.59 Å². The number of rotatable bonds is 7. The molecule has 0 radical (unpaired) electrons. The molecule has 0 aliphatic carbocycles. The Balaban J connectivity index is 1.76. The van der Waals surface area contributed by atoms with Crippen LogP contribution in [0, 0.1) is 6.92 Å². The lowest BCUT2D eigenvalue weighted by atomic mass is 10.1. The van der Waals surface area contributed by atoms with Crippen molar-refractivity contribution < 1.29 is 19.1 Å². The van der Waals surface area contributed by atoms with Gasteiger partial charge in [-0.1, -0.05) is 12.1 Å². The largest absolute Gasteiger partial charge is 0.465 e. The summed E-state index contributed by atoms with van der Waals surface area (Å²) in [6.07, 6.45) is 4.59. The van der Waals surface area contributed by atoms with Crippen molar-refractivity contribution in [2.45, 2.75) is 20.0 Å². The molecule has 0 bridgehead atoms. The summed E-state index contributed by atoms with van der Waals surface area (Å²) < 4.78 is 5.07. The molecule has 2 rings (SSSR count). The number of aliphatic hydroxyl groups is 1. The summed E-state index contributed by atoms with van der Waals surface area (Å²) >= 11 is 0. The highest BCUT2D eigenvalue weighted by atomic mass is 16.3. The summed E-state index contributed by atoms with van der Waals surface area (Å²) in [6.45, 7) is 2.02. The van der Waals surface area contributed by atoms with Gasteiger partial charge in [0.2, 0.25) is 11.8 Å². The molecule has 2 amide bonds. The zero-order valence-corrected chi connectivity index (χ0v) is 13.4. The highest BCUT2D eigenvalue weighted by Crippen LogP contribution is 2.17.